The van der Waals surface area contributed by atoms with Crippen molar-refractivity contribution in [2.24, 2.45) is 5.92 Å². The molecular formula is C14H23N3O3S. The first-order valence-corrected chi connectivity index (χ1v) is 9.29. The van der Waals surface area contributed by atoms with Gasteiger partial charge in [0.2, 0.25) is 10.0 Å². The van der Waals surface area contributed by atoms with Gasteiger partial charge < -0.3 is 4.74 Å². The van der Waals surface area contributed by atoms with E-state index in [-0.39, 0.29) is 11.9 Å². The lowest BCUT2D eigenvalue weighted by molar-refractivity contribution is 0.0258. The molecule has 21 heavy (non-hydrogen) atoms. The molecule has 0 amide bonds. The SMILES string of the molecule is CCCS(=O)(=O)N1Cc2ccnn2C[C@H](OCC2CC2)C1. The Kier molecular flexibility index (Phi) is 4.33. The van der Waals surface area contributed by atoms with E-state index >= 15 is 0 Å². The van der Waals surface area contributed by atoms with Crippen LogP contribution in [-0.2, 0) is 27.8 Å². The third-order valence-electron chi connectivity index (χ3n) is 4.05. The Balaban J connectivity index is 1.76. The van der Waals surface area contributed by atoms with Gasteiger partial charge in [-0.05, 0) is 31.2 Å². The molecule has 0 unspecified atom stereocenters. The Morgan fingerprint density at radius 1 is 1.38 bits per heavy atom. The van der Waals surface area contributed by atoms with Crippen LogP contribution >= 0.6 is 0 Å². The first-order valence-electron chi connectivity index (χ1n) is 7.68. The normalized spacial score (nSPS) is 23.8. The Morgan fingerprint density at radius 2 is 2.19 bits per heavy atom. The number of ether oxygens (including phenoxy) is 1. The van der Waals surface area contributed by atoms with Gasteiger partial charge >= 0.3 is 0 Å². The minimum Gasteiger partial charge on any atom is -0.375 e. The predicted molar refractivity (Wildman–Crippen MR) is 79.2 cm³/mol. The minimum absolute atomic E-state index is 0.113. The van der Waals surface area contributed by atoms with Crippen LogP contribution in [0.5, 0.6) is 0 Å². The standard InChI is InChI=1S/C14H23N3O3S/c1-2-7-21(18,19)16-8-13-5-6-15-17(13)10-14(9-16)20-11-12-3-4-12/h5-6,12,14H,2-4,7-11H2,1H3/t14-/m1/s1. The van der Waals surface area contributed by atoms with E-state index in [1.54, 1.807) is 10.5 Å². The highest BCUT2D eigenvalue weighted by molar-refractivity contribution is 7.89. The lowest BCUT2D eigenvalue weighted by Crippen LogP contribution is -2.38. The number of hydrogen-bond acceptors (Lipinski definition) is 4. The van der Waals surface area contributed by atoms with Gasteiger partial charge in [0.05, 0.1) is 30.6 Å². The molecule has 118 valence electrons. The molecule has 1 fully saturated rings. The van der Waals surface area contributed by atoms with E-state index in [1.807, 2.05) is 17.7 Å². The molecule has 1 atom stereocenters. The van der Waals surface area contributed by atoms with Gasteiger partial charge in [-0.2, -0.15) is 9.40 Å². The summed E-state index contributed by atoms with van der Waals surface area (Å²) in [7, 11) is -3.22. The zero-order valence-corrected chi connectivity index (χ0v) is 13.3. The minimum atomic E-state index is -3.22. The van der Waals surface area contributed by atoms with Crippen LogP contribution in [-0.4, -0.2) is 47.5 Å². The molecule has 1 aliphatic carbocycles. The summed E-state index contributed by atoms with van der Waals surface area (Å²) < 4.78 is 34.2. The molecule has 0 aromatic carbocycles. The Hall–Kier alpha value is -0.920. The van der Waals surface area contributed by atoms with Crippen LogP contribution in [0.1, 0.15) is 31.9 Å². The first kappa shape index (κ1) is 15.0. The van der Waals surface area contributed by atoms with E-state index < -0.39 is 10.0 Å². The third-order valence-corrected chi connectivity index (χ3v) is 6.04. The molecule has 2 heterocycles. The van der Waals surface area contributed by atoms with Crippen LogP contribution in [0.25, 0.3) is 0 Å². The Morgan fingerprint density at radius 3 is 2.90 bits per heavy atom. The average molecular weight is 313 g/mol. The van der Waals surface area contributed by atoms with Crippen LogP contribution in [0.3, 0.4) is 0 Å². The maximum Gasteiger partial charge on any atom is 0.214 e. The van der Waals surface area contributed by atoms with Crippen molar-refractivity contribution >= 4 is 10.0 Å². The van der Waals surface area contributed by atoms with E-state index in [2.05, 4.69) is 5.10 Å². The summed E-state index contributed by atoms with van der Waals surface area (Å²) in [5, 5.41) is 4.29. The lowest BCUT2D eigenvalue weighted by Gasteiger charge is -2.23. The zero-order valence-electron chi connectivity index (χ0n) is 12.4. The number of nitrogens with zero attached hydrogens (tertiary/aromatic N) is 3. The molecule has 1 aromatic heterocycles. The Bertz CT molecular complexity index is 580. The maximum absolute atomic E-state index is 12.4. The highest BCUT2D eigenvalue weighted by Gasteiger charge is 2.31. The summed E-state index contributed by atoms with van der Waals surface area (Å²) in [5.74, 6) is 0.863. The summed E-state index contributed by atoms with van der Waals surface area (Å²) >= 11 is 0. The van der Waals surface area contributed by atoms with Crippen LogP contribution in [0.4, 0.5) is 0 Å². The molecule has 0 bridgehead atoms. The molecule has 1 aliphatic heterocycles. The highest BCUT2D eigenvalue weighted by atomic mass is 32.2. The molecule has 6 nitrogen and oxygen atoms in total. The van der Waals surface area contributed by atoms with Crippen LogP contribution in [0.15, 0.2) is 12.3 Å². The number of rotatable bonds is 6. The van der Waals surface area contributed by atoms with Gasteiger partial charge in [-0.1, -0.05) is 6.92 Å². The number of hydrogen-bond donors (Lipinski definition) is 0. The van der Waals surface area contributed by atoms with E-state index in [4.69, 9.17) is 4.74 Å². The largest absolute Gasteiger partial charge is 0.375 e. The van der Waals surface area contributed by atoms with Gasteiger partial charge in [-0.15, -0.1) is 0 Å². The molecule has 0 N–H and O–H groups in total. The molecule has 3 rings (SSSR count). The van der Waals surface area contributed by atoms with E-state index in [1.165, 1.54) is 12.8 Å². The second-order valence-corrected chi connectivity index (χ2v) is 8.10. The molecule has 0 radical (unpaired) electrons. The maximum atomic E-state index is 12.4. The molecule has 1 saturated carbocycles. The van der Waals surface area contributed by atoms with E-state index in [0.29, 0.717) is 32.0 Å². The molecule has 7 heteroatoms. The van der Waals surface area contributed by atoms with Gasteiger partial charge in [0, 0.05) is 19.3 Å². The van der Waals surface area contributed by atoms with E-state index in [9.17, 15) is 8.42 Å². The van der Waals surface area contributed by atoms with Gasteiger partial charge in [0.1, 0.15) is 0 Å². The summed E-state index contributed by atoms with van der Waals surface area (Å²) in [5.41, 5.74) is 0.937. The fraction of sp³-hybridized carbons (Fsp3) is 0.786. The highest BCUT2D eigenvalue weighted by Crippen LogP contribution is 2.29. The molecular weight excluding hydrogens is 290 g/mol. The van der Waals surface area contributed by atoms with Crippen LogP contribution in [0.2, 0.25) is 0 Å². The molecule has 0 saturated heterocycles. The molecule has 1 aromatic rings. The fourth-order valence-corrected chi connectivity index (χ4v) is 4.14. The monoisotopic (exact) mass is 313 g/mol. The van der Waals surface area contributed by atoms with Gasteiger partial charge in [0.15, 0.2) is 0 Å². The molecule has 2 aliphatic rings. The van der Waals surface area contributed by atoms with Crippen molar-refractivity contribution in [3.05, 3.63) is 18.0 Å². The van der Waals surface area contributed by atoms with Gasteiger partial charge in [0.25, 0.3) is 0 Å². The number of fused-ring (bicyclic) bond motifs is 1. The number of aromatic nitrogens is 2. The van der Waals surface area contributed by atoms with Crippen molar-refractivity contribution < 1.29 is 13.2 Å². The second-order valence-electron chi connectivity index (χ2n) is 6.01. The summed E-state index contributed by atoms with van der Waals surface area (Å²) in [4.78, 5) is 0. The van der Waals surface area contributed by atoms with Crippen LogP contribution < -0.4 is 0 Å². The second kappa shape index (κ2) is 6.06. The fourth-order valence-electron chi connectivity index (χ4n) is 2.64. The smallest absolute Gasteiger partial charge is 0.214 e. The van der Waals surface area contributed by atoms with Crippen molar-refractivity contribution in [2.75, 3.05) is 18.9 Å². The van der Waals surface area contributed by atoms with Gasteiger partial charge in [-0.3, -0.25) is 4.68 Å². The van der Waals surface area contributed by atoms with Crippen molar-refractivity contribution in [1.29, 1.82) is 0 Å². The quantitative estimate of drug-likeness (QED) is 0.792. The average Bonchev–Trinajstić information content (AvgIpc) is 3.19. The van der Waals surface area contributed by atoms with Crippen molar-refractivity contribution in [3.63, 3.8) is 0 Å². The first-order chi connectivity index (χ1) is 10.1. The summed E-state index contributed by atoms with van der Waals surface area (Å²) in [6.07, 6.45) is 4.71. The molecule has 0 spiro atoms. The van der Waals surface area contributed by atoms with Crippen LogP contribution in [0, 0.1) is 5.92 Å². The van der Waals surface area contributed by atoms with E-state index in [0.717, 1.165) is 12.3 Å². The van der Waals surface area contributed by atoms with Crippen molar-refractivity contribution in [1.82, 2.24) is 14.1 Å². The van der Waals surface area contributed by atoms with Crippen molar-refractivity contribution in [3.8, 4) is 0 Å². The van der Waals surface area contributed by atoms with Crippen molar-refractivity contribution in [2.45, 2.75) is 45.4 Å². The zero-order chi connectivity index (χ0) is 14.9. The predicted octanol–water partition coefficient (Wildman–Crippen LogP) is 1.23. The lowest BCUT2D eigenvalue weighted by atomic mass is 10.3. The number of sulfonamides is 1. The summed E-state index contributed by atoms with van der Waals surface area (Å²) in [6.45, 7) is 4.08. The topological polar surface area (TPSA) is 64.4 Å². The Labute approximate surface area is 126 Å². The summed E-state index contributed by atoms with van der Waals surface area (Å²) in [6, 6.07) is 1.89. The van der Waals surface area contributed by atoms with Gasteiger partial charge in [-0.25, -0.2) is 8.42 Å². The third kappa shape index (κ3) is 3.64.